The van der Waals surface area contributed by atoms with Crippen LogP contribution >= 0.6 is 0 Å². The lowest BCUT2D eigenvalue weighted by molar-refractivity contribution is -0.132. The van der Waals surface area contributed by atoms with Crippen LogP contribution in [0.25, 0.3) is 0 Å². The molecule has 0 bridgehead atoms. The standard InChI is InChI=1S/C13H26N2O2/c1-7-10(2)15(11(3)16)9-8-14-12(17)13(4,5)6/h10H,7-9H2,1-6H3,(H,14,17). The van der Waals surface area contributed by atoms with Crippen LogP contribution in [0.3, 0.4) is 0 Å². The van der Waals surface area contributed by atoms with E-state index in [2.05, 4.69) is 5.32 Å². The van der Waals surface area contributed by atoms with Gasteiger partial charge < -0.3 is 10.2 Å². The number of hydrogen-bond donors (Lipinski definition) is 1. The molecule has 0 heterocycles. The molecular weight excluding hydrogens is 216 g/mol. The van der Waals surface area contributed by atoms with Crippen LogP contribution in [0.4, 0.5) is 0 Å². The number of amides is 2. The molecule has 4 heteroatoms. The second kappa shape index (κ2) is 6.62. The fraction of sp³-hybridized carbons (Fsp3) is 0.846. The van der Waals surface area contributed by atoms with Crippen molar-refractivity contribution in [3.8, 4) is 0 Å². The number of hydrogen-bond acceptors (Lipinski definition) is 2. The summed E-state index contributed by atoms with van der Waals surface area (Å²) in [6.07, 6.45) is 0.923. The van der Waals surface area contributed by atoms with Gasteiger partial charge in [0, 0.05) is 31.5 Å². The van der Waals surface area contributed by atoms with Gasteiger partial charge in [-0.25, -0.2) is 0 Å². The van der Waals surface area contributed by atoms with Crippen molar-refractivity contribution < 1.29 is 9.59 Å². The minimum Gasteiger partial charge on any atom is -0.354 e. The Labute approximate surface area is 105 Å². The summed E-state index contributed by atoms with van der Waals surface area (Å²) >= 11 is 0. The molecular formula is C13H26N2O2. The molecule has 1 unspecified atom stereocenters. The molecule has 0 fully saturated rings. The van der Waals surface area contributed by atoms with Crippen LogP contribution < -0.4 is 5.32 Å². The van der Waals surface area contributed by atoms with Gasteiger partial charge >= 0.3 is 0 Å². The molecule has 0 aromatic carbocycles. The summed E-state index contributed by atoms with van der Waals surface area (Å²) in [6, 6.07) is 0.221. The molecule has 2 amide bonds. The molecule has 100 valence electrons. The van der Waals surface area contributed by atoms with Gasteiger partial charge in [0.2, 0.25) is 11.8 Å². The molecule has 0 rings (SSSR count). The van der Waals surface area contributed by atoms with Crippen LogP contribution in [-0.2, 0) is 9.59 Å². The van der Waals surface area contributed by atoms with Crippen LogP contribution in [0.2, 0.25) is 0 Å². The normalized spacial score (nSPS) is 13.1. The van der Waals surface area contributed by atoms with Crippen LogP contribution in [0.15, 0.2) is 0 Å². The number of carbonyl (C=O) groups excluding carboxylic acids is 2. The second-order valence-corrected chi connectivity index (χ2v) is 5.48. The third kappa shape index (κ3) is 5.71. The maximum atomic E-state index is 11.6. The van der Waals surface area contributed by atoms with Gasteiger partial charge in [-0.05, 0) is 13.3 Å². The lowest BCUT2D eigenvalue weighted by atomic mass is 9.96. The summed E-state index contributed by atoms with van der Waals surface area (Å²) < 4.78 is 0. The van der Waals surface area contributed by atoms with Crippen molar-refractivity contribution in [1.29, 1.82) is 0 Å². The van der Waals surface area contributed by atoms with Crippen molar-refractivity contribution in [2.45, 2.75) is 54.0 Å². The Bertz CT molecular complexity index is 269. The first kappa shape index (κ1) is 15.9. The van der Waals surface area contributed by atoms with E-state index in [1.165, 1.54) is 0 Å². The number of carbonyl (C=O) groups is 2. The smallest absolute Gasteiger partial charge is 0.225 e. The van der Waals surface area contributed by atoms with Crippen molar-refractivity contribution in [3.05, 3.63) is 0 Å². The van der Waals surface area contributed by atoms with Gasteiger partial charge in [-0.15, -0.1) is 0 Å². The van der Waals surface area contributed by atoms with Crippen LogP contribution in [-0.4, -0.2) is 35.8 Å². The summed E-state index contributed by atoms with van der Waals surface area (Å²) in [5, 5.41) is 2.85. The molecule has 0 aromatic rings. The molecule has 0 aliphatic heterocycles. The van der Waals surface area contributed by atoms with Crippen molar-refractivity contribution in [2.24, 2.45) is 5.41 Å². The Morgan fingerprint density at radius 2 is 1.82 bits per heavy atom. The highest BCUT2D eigenvalue weighted by Gasteiger charge is 2.21. The maximum absolute atomic E-state index is 11.6. The molecule has 0 saturated carbocycles. The van der Waals surface area contributed by atoms with Gasteiger partial charge in [-0.2, -0.15) is 0 Å². The zero-order chi connectivity index (χ0) is 13.6. The van der Waals surface area contributed by atoms with Crippen molar-refractivity contribution in [3.63, 3.8) is 0 Å². The van der Waals surface area contributed by atoms with Gasteiger partial charge in [0.1, 0.15) is 0 Å². The maximum Gasteiger partial charge on any atom is 0.225 e. The quantitative estimate of drug-likeness (QED) is 0.799. The van der Waals surface area contributed by atoms with Crippen molar-refractivity contribution in [1.82, 2.24) is 10.2 Å². The molecule has 0 aliphatic carbocycles. The molecule has 0 spiro atoms. The summed E-state index contributed by atoms with van der Waals surface area (Å²) in [5.41, 5.74) is -0.378. The third-order valence-corrected chi connectivity index (χ3v) is 2.85. The Kier molecular flexibility index (Phi) is 6.21. The Morgan fingerprint density at radius 1 is 1.29 bits per heavy atom. The predicted octanol–water partition coefficient (Wildman–Crippen LogP) is 1.80. The number of rotatable bonds is 5. The molecule has 0 saturated heterocycles. The first-order valence-electron chi connectivity index (χ1n) is 6.25. The molecule has 17 heavy (non-hydrogen) atoms. The first-order chi connectivity index (χ1) is 7.70. The fourth-order valence-electron chi connectivity index (χ4n) is 1.46. The zero-order valence-electron chi connectivity index (χ0n) is 12.0. The van der Waals surface area contributed by atoms with E-state index in [0.717, 1.165) is 6.42 Å². The highest BCUT2D eigenvalue weighted by molar-refractivity contribution is 5.81. The minimum atomic E-state index is -0.378. The summed E-state index contributed by atoms with van der Waals surface area (Å²) in [7, 11) is 0. The molecule has 0 aromatic heterocycles. The van der Waals surface area contributed by atoms with Crippen molar-refractivity contribution in [2.75, 3.05) is 13.1 Å². The summed E-state index contributed by atoms with van der Waals surface area (Å²) in [5.74, 6) is 0.0783. The highest BCUT2D eigenvalue weighted by atomic mass is 16.2. The molecule has 4 nitrogen and oxygen atoms in total. The van der Waals surface area contributed by atoms with Gasteiger partial charge in [0.15, 0.2) is 0 Å². The Morgan fingerprint density at radius 3 is 2.18 bits per heavy atom. The number of nitrogens with one attached hydrogen (secondary N) is 1. The SMILES string of the molecule is CCC(C)N(CCNC(=O)C(C)(C)C)C(C)=O. The van der Waals surface area contributed by atoms with E-state index in [9.17, 15) is 9.59 Å². The summed E-state index contributed by atoms with van der Waals surface area (Å²) in [6.45, 7) is 12.4. The van der Waals surface area contributed by atoms with E-state index in [-0.39, 0.29) is 23.3 Å². The van der Waals surface area contributed by atoms with E-state index in [4.69, 9.17) is 0 Å². The predicted molar refractivity (Wildman–Crippen MR) is 69.6 cm³/mol. The highest BCUT2D eigenvalue weighted by Crippen LogP contribution is 2.12. The van der Waals surface area contributed by atoms with E-state index < -0.39 is 0 Å². The monoisotopic (exact) mass is 242 g/mol. The second-order valence-electron chi connectivity index (χ2n) is 5.48. The van der Waals surface area contributed by atoms with Gasteiger partial charge in [-0.3, -0.25) is 9.59 Å². The van der Waals surface area contributed by atoms with E-state index in [1.807, 2.05) is 34.6 Å². The largest absolute Gasteiger partial charge is 0.354 e. The first-order valence-corrected chi connectivity index (χ1v) is 6.25. The average molecular weight is 242 g/mol. The number of nitrogens with zero attached hydrogens (tertiary/aromatic N) is 1. The van der Waals surface area contributed by atoms with E-state index >= 15 is 0 Å². The molecule has 1 N–H and O–H groups in total. The van der Waals surface area contributed by atoms with E-state index in [1.54, 1.807) is 11.8 Å². The van der Waals surface area contributed by atoms with E-state index in [0.29, 0.717) is 13.1 Å². The fourth-order valence-corrected chi connectivity index (χ4v) is 1.46. The van der Waals surface area contributed by atoms with Crippen LogP contribution in [0.5, 0.6) is 0 Å². The molecule has 1 atom stereocenters. The zero-order valence-corrected chi connectivity index (χ0v) is 12.0. The van der Waals surface area contributed by atoms with Crippen molar-refractivity contribution >= 4 is 11.8 Å². The lowest BCUT2D eigenvalue weighted by Gasteiger charge is -2.28. The minimum absolute atomic E-state index is 0.0187. The lowest BCUT2D eigenvalue weighted by Crippen LogP contribution is -2.44. The Balaban J connectivity index is 4.17. The summed E-state index contributed by atoms with van der Waals surface area (Å²) in [4.78, 5) is 24.9. The topological polar surface area (TPSA) is 49.4 Å². The molecule has 0 radical (unpaired) electrons. The average Bonchev–Trinajstić information content (AvgIpc) is 2.21. The molecule has 0 aliphatic rings. The van der Waals surface area contributed by atoms with Crippen LogP contribution in [0.1, 0.15) is 48.0 Å². The van der Waals surface area contributed by atoms with Gasteiger partial charge in [0.25, 0.3) is 0 Å². The third-order valence-electron chi connectivity index (χ3n) is 2.85. The van der Waals surface area contributed by atoms with Gasteiger partial charge in [-0.1, -0.05) is 27.7 Å². The van der Waals surface area contributed by atoms with Crippen LogP contribution in [0, 0.1) is 5.41 Å². The van der Waals surface area contributed by atoms with Gasteiger partial charge in [0.05, 0.1) is 0 Å². The Hall–Kier alpha value is -1.06.